The number of aromatic nitrogens is 1. The van der Waals surface area contributed by atoms with Gasteiger partial charge in [-0.15, -0.1) is 0 Å². The Morgan fingerprint density at radius 2 is 1.69 bits per heavy atom. The summed E-state index contributed by atoms with van der Waals surface area (Å²) in [5.74, 6) is 0.729. The lowest BCUT2D eigenvalue weighted by atomic mass is 9.97. The van der Waals surface area contributed by atoms with Crippen molar-refractivity contribution in [1.82, 2.24) is 9.29 Å². The van der Waals surface area contributed by atoms with Gasteiger partial charge in [0.2, 0.25) is 11.3 Å². The number of aryl methyl sites for hydroxylation is 1. The Morgan fingerprint density at radius 3 is 2.44 bits per heavy atom. The molecule has 160 valence electrons. The van der Waals surface area contributed by atoms with Crippen molar-refractivity contribution in [1.29, 1.82) is 0 Å². The van der Waals surface area contributed by atoms with Crippen LogP contribution in [0.1, 0.15) is 5.56 Å². The summed E-state index contributed by atoms with van der Waals surface area (Å²) in [6.07, 6.45) is 1.81. The third-order valence-corrected chi connectivity index (χ3v) is 5.91. The number of hydrogen-bond acceptors (Lipinski definition) is 3. The highest BCUT2D eigenvalue weighted by atomic mass is 32.2. The summed E-state index contributed by atoms with van der Waals surface area (Å²) in [6.45, 7) is 0.210. The van der Waals surface area contributed by atoms with Crippen LogP contribution in [0.3, 0.4) is 0 Å². The fraction of sp³-hybridized carbons (Fsp3) is 0.0800. The van der Waals surface area contributed by atoms with Crippen LogP contribution in [-0.2, 0) is 24.9 Å². The quantitative estimate of drug-likeness (QED) is 0.380. The van der Waals surface area contributed by atoms with Gasteiger partial charge in [0.05, 0.1) is 0 Å². The summed E-state index contributed by atoms with van der Waals surface area (Å²) in [4.78, 5) is 12.7. The van der Waals surface area contributed by atoms with Crippen molar-refractivity contribution in [2.45, 2.75) is 6.54 Å². The van der Waals surface area contributed by atoms with Crippen molar-refractivity contribution in [2.24, 2.45) is 7.05 Å². The molecule has 0 fully saturated rings. The Morgan fingerprint density at radius 1 is 0.969 bits per heavy atom. The van der Waals surface area contributed by atoms with Crippen LogP contribution in [0.25, 0.3) is 44.2 Å². The average molecular weight is 445 g/mol. The molecule has 0 saturated carbocycles. The molecule has 1 atom stereocenters. The Labute approximate surface area is 186 Å². The van der Waals surface area contributed by atoms with Crippen molar-refractivity contribution in [3.63, 3.8) is 0 Å². The second kappa shape index (κ2) is 8.20. The normalized spacial score (nSPS) is 12.4. The van der Waals surface area contributed by atoms with Gasteiger partial charge in [0.15, 0.2) is 0 Å². The first kappa shape index (κ1) is 20.4. The molecule has 6 nitrogen and oxygen atoms in total. The van der Waals surface area contributed by atoms with Crippen LogP contribution in [0, 0.1) is 0 Å². The first-order valence-electron chi connectivity index (χ1n) is 10.1. The number of furan rings is 1. The smallest absolute Gasteiger partial charge is 0.258 e. The van der Waals surface area contributed by atoms with Gasteiger partial charge in [-0.05, 0) is 35.2 Å². The van der Waals surface area contributed by atoms with Gasteiger partial charge >= 0.3 is 0 Å². The highest BCUT2D eigenvalue weighted by Gasteiger charge is 2.17. The van der Waals surface area contributed by atoms with E-state index in [4.69, 9.17) is 4.42 Å². The van der Waals surface area contributed by atoms with E-state index in [0.717, 1.165) is 38.8 Å². The summed E-state index contributed by atoms with van der Waals surface area (Å²) in [5.41, 5.74) is 4.08. The van der Waals surface area contributed by atoms with E-state index in [1.165, 1.54) is 0 Å². The minimum atomic E-state index is -2.12. The summed E-state index contributed by atoms with van der Waals surface area (Å²) >= 11 is -2.12. The summed E-state index contributed by atoms with van der Waals surface area (Å²) < 4.78 is 30.8. The molecule has 7 heteroatoms. The number of nitrogens with zero attached hydrogens (tertiary/aromatic N) is 1. The van der Waals surface area contributed by atoms with Crippen LogP contribution >= 0.6 is 0 Å². The van der Waals surface area contributed by atoms with Gasteiger partial charge in [0.25, 0.3) is 5.56 Å². The predicted octanol–water partition coefficient (Wildman–Crippen LogP) is 4.85. The zero-order chi connectivity index (χ0) is 22.2. The van der Waals surface area contributed by atoms with E-state index in [-0.39, 0.29) is 12.1 Å². The Kier molecular flexibility index (Phi) is 5.22. The molecule has 3 aromatic carbocycles. The highest BCUT2D eigenvalue weighted by Crippen LogP contribution is 2.38. The highest BCUT2D eigenvalue weighted by molar-refractivity contribution is 7.77. The van der Waals surface area contributed by atoms with Crippen LogP contribution in [0.2, 0.25) is 0 Å². The standard InChI is InChI=1S/C25H20N2O4S/c1-27-15-22(19-9-5-6-10-20(19)25(27)28)21-12-16(14-26-32(29)30)11-18-13-23(31-24(18)21)17-7-3-2-4-8-17/h2-13,15,26H,14H2,1H3,(H,29,30). The van der Waals surface area contributed by atoms with Gasteiger partial charge in [0.1, 0.15) is 11.3 Å². The monoisotopic (exact) mass is 444 g/mol. The van der Waals surface area contributed by atoms with E-state index in [2.05, 4.69) is 4.72 Å². The predicted molar refractivity (Wildman–Crippen MR) is 127 cm³/mol. The molecular weight excluding hydrogens is 424 g/mol. The molecule has 0 saturated heterocycles. The molecule has 0 bridgehead atoms. The minimum absolute atomic E-state index is 0.0708. The Hall–Kier alpha value is -3.52. The number of nitrogens with one attached hydrogen (secondary N) is 1. The van der Waals surface area contributed by atoms with Crippen LogP contribution in [0.15, 0.2) is 88.2 Å². The zero-order valence-corrected chi connectivity index (χ0v) is 18.1. The van der Waals surface area contributed by atoms with Crippen LogP contribution in [0.4, 0.5) is 0 Å². The summed E-state index contributed by atoms with van der Waals surface area (Å²) in [5, 5.41) is 2.32. The van der Waals surface area contributed by atoms with Gasteiger partial charge in [-0.2, -0.15) is 0 Å². The average Bonchev–Trinajstić information content (AvgIpc) is 3.24. The van der Waals surface area contributed by atoms with Gasteiger partial charge in [-0.25, -0.2) is 8.93 Å². The van der Waals surface area contributed by atoms with Crippen LogP contribution < -0.4 is 10.3 Å². The molecule has 0 spiro atoms. The minimum Gasteiger partial charge on any atom is -0.455 e. The fourth-order valence-electron chi connectivity index (χ4n) is 4.04. The Bertz CT molecular complexity index is 1540. The molecule has 0 radical (unpaired) electrons. The molecule has 0 aliphatic carbocycles. The SMILES string of the molecule is Cn1cc(-c2cc(CNS(=O)O)cc3cc(-c4ccccc4)oc23)c2ccccc2c1=O. The molecule has 0 amide bonds. The van der Waals surface area contributed by atoms with E-state index in [9.17, 15) is 13.6 Å². The van der Waals surface area contributed by atoms with Crippen LogP contribution in [-0.4, -0.2) is 13.3 Å². The van der Waals surface area contributed by atoms with Gasteiger partial charge in [0, 0.05) is 47.3 Å². The second-order valence-corrected chi connectivity index (χ2v) is 8.40. The first-order chi connectivity index (χ1) is 15.5. The molecule has 0 aliphatic rings. The van der Waals surface area contributed by atoms with Crippen molar-refractivity contribution in [3.05, 3.63) is 94.9 Å². The lowest BCUT2D eigenvalue weighted by molar-refractivity contribution is 0.548. The van der Waals surface area contributed by atoms with E-state index in [1.807, 2.05) is 79.0 Å². The number of hydrogen-bond donors (Lipinski definition) is 2. The zero-order valence-electron chi connectivity index (χ0n) is 17.2. The van der Waals surface area contributed by atoms with Crippen molar-refractivity contribution >= 4 is 33.0 Å². The van der Waals surface area contributed by atoms with E-state index in [1.54, 1.807) is 11.6 Å². The molecule has 32 heavy (non-hydrogen) atoms. The topological polar surface area (TPSA) is 84.5 Å². The van der Waals surface area contributed by atoms with Crippen molar-refractivity contribution in [2.75, 3.05) is 0 Å². The molecule has 2 aromatic heterocycles. The largest absolute Gasteiger partial charge is 0.455 e. The maximum absolute atomic E-state index is 12.7. The lowest BCUT2D eigenvalue weighted by Crippen LogP contribution is -2.17. The first-order valence-corrected chi connectivity index (χ1v) is 11.2. The van der Waals surface area contributed by atoms with E-state index in [0.29, 0.717) is 11.0 Å². The number of benzene rings is 3. The van der Waals surface area contributed by atoms with E-state index >= 15 is 0 Å². The molecule has 5 aromatic rings. The third kappa shape index (κ3) is 3.67. The number of pyridine rings is 1. The number of fused-ring (bicyclic) bond motifs is 2. The van der Waals surface area contributed by atoms with Crippen LogP contribution in [0.5, 0.6) is 0 Å². The summed E-state index contributed by atoms with van der Waals surface area (Å²) in [7, 11) is 1.73. The molecule has 2 N–H and O–H groups in total. The van der Waals surface area contributed by atoms with Crippen molar-refractivity contribution < 1.29 is 13.2 Å². The maximum atomic E-state index is 12.7. The van der Waals surface area contributed by atoms with Gasteiger partial charge in [-0.3, -0.25) is 9.35 Å². The second-order valence-electron chi connectivity index (χ2n) is 7.61. The molecule has 2 heterocycles. The van der Waals surface area contributed by atoms with Gasteiger partial charge < -0.3 is 8.98 Å². The van der Waals surface area contributed by atoms with Crippen molar-refractivity contribution in [3.8, 4) is 22.5 Å². The van der Waals surface area contributed by atoms with E-state index < -0.39 is 11.3 Å². The molecule has 0 aliphatic heterocycles. The molecule has 1 unspecified atom stereocenters. The maximum Gasteiger partial charge on any atom is 0.258 e. The molecular formula is C25H20N2O4S. The lowest BCUT2D eigenvalue weighted by Gasteiger charge is -2.12. The third-order valence-electron chi connectivity index (χ3n) is 5.52. The molecule has 5 rings (SSSR count). The Balaban J connectivity index is 1.80. The fourth-order valence-corrected chi connectivity index (χ4v) is 4.33. The van der Waals surface area contributed by atoms with Gasteiger partial charge in [-0.1, -0.05) is 48.5 Å². The summed E-state index contributed by atoms with van der Waals surface area (Å²) in [6, 6.07) is 23.2. The number of rotatable bonds is 5.